The number of nitrogens with one attached hydrogen (secondary N) is 1. The Morgan fingerprint density at radius 1 is 1.26 bits per heavy atom. The lowest BCUT2D eigenvalue weighted by atomic mass is 10.1. The van der Waals surface area contributed by atoms with Gasteiger partial charge in [-0.3, -0.25) is 4.79 Å². The Morgan fingerprint density at radius 2 is 2.04 bits per heavy atom. The number of anilines is 1. The first kappa shape index (κ1) is 15.8. The van der Waals surface area contributed by atoms with Gasteiger partial charge in [0.2, 0.25) is 11.8 Å². The van der Waals surface area contributed by atoms with Gasteiger partial charge in [-0.1, -0.05) is 17.7 Å². The van der Waals surface area contributed by atoms with Crippen LogP contribution in [0.3, 0.4) is 0 Å². The van der Waals surface area contributed by atoms with Crippen molar-refractivity contribution in [1.29, 1.82) is 0 Å². The average Bonchev–Trinajstić information content (AvgIpc) is 2.93. The summed E-state index contributed by atoms with van der Waals surface area (Å²) in [5, 5.41) is 3.08. The third-order valence-corrected chi connectivity index (χ3v) is 4.00. The van der Waals surface area contributed by atoms with Crippen LogP contribution in [-0.2, 0) is 4.79 Å². The first-order chi connectivity index (χ1) is 11.0. The van der Waals surface area contributed by atoms with Crippen molar-refractivity contribution in [2.24, 2.45) is 0 Å². The van der Waals surface area contributed by atoms with Gasteiger partial charge in [0.25, 0.3) is 0 Å². The van der Waals surface area contributed by atoms with E-state index in [1.807, 2.05) is 26.0 Å². The van der Waals surface area contributed by atoms with E-state index in [1.54, 1.807) is 18.2 Å². The molecule has 0 unspecified atom stereocenters. The van der Waals surface area contributed by atoms with Gasteiger partial charge in [0, 0.05) is 5.56 Å². The molecule has 3 aromatic rings. The number of alkyl halides is 1. The largest absolute Gasteiger partial charge is 0.436 e. The molecule has 1 heterocycles. The number of halogens is 2. The molecule has 0 fully saturated rings. The molecule has 1 aromatic heterocycles. The molecule has 0 saturated heterocycles. The summed E-state index contributed by atoms with van der Waals surface area (Å²) in [6, 6.07) is 9.23. The van der Waals surface area contributed by atoms with Crippen LogP contribution in [0.4, 0.5) is 5.69 Å². The third-order valence-electron chi connectivity index (χ3n) is 3.43. The Morgan fingerprint density at radius 3 is 2.78 bits per heavy atom. The molecule has 23 heavy (non-hydrogen) atoms. The van der Waals surface area contributed by atoms with Crippen molar-refractivity contribution in [1.82, 2.24) is 4.98 Å². The minimum atomic E-state index is -0.324. The summed E-state index contributed by atoms with van der Waals surface area (Å²) in [6.45, 7) is 4.00. The summed E-state index contributed by atoms with van der Waals surface area (Å²) in [4.78, 5) is 16.0. The molecular weight excluding hydrogens is 335 g/mol. The minimum absolute atomic E-state index is 0.137. The van der Waals surface area contributed by atoms with Gasteiger partial charge < -0.3 is 9.73 Å². The molecule has 118 valence electrons. The highest BCUT2D eigenvalue weighted by Gasteiger charge is 2.13. The van der Waals surface area contributed by atoms with Crippen LogP contribution in [-0.4, -0.2) is 16.8 Å². The highest BCUT2D eigenvalue weighted by Crippen LogP contribution is 2.31. The molecule has 1 N–H and O–H groups in total. The van der Waals surface area contributed by atoms with E-state index < -0.39 is 0 Å². The number of oxazole rings is 1. The summed E-state index contributed by atoms with van der Waals surface area (Å²) in [6.07, 6.45) is 0. The average molecular weight is 349 g/mol. The molecule has 0 atom stereocenters. The van der Waals surface area contributed by atoms with Gasteiger partial charge in [0.15, 0.2) is 5.58 Å². The van der Waals surface area contributed by atoms with E-state index in [0.29, 0.717) is 16.6 Å². The van der Waals surface area contributed by atoms with Crippen LogP contribution in [0.2, 0.25) is 5.02 Å². The fourth-order valence-corrected chi connectivity index (χ4v) is 2.67. The van der Waals surface area contributed by atoms with Crippen LogP contribution >= 0.6 is 23.2 Å². The number of carbonyl (C=O) groups is 1. The number of benzene rings is 2. The highest BCUT2D eigenvalue weighted by molar-refractivity contribution is 6.34. The van der Waals surface area contributed by atoms with Crippen LogP contribution in [0.15, 0.2) is 34.7 Å². The standard InChI is InChI=1S/C17H14Cl2N2O2/c1-9-5-10(2)16-14(6-9)21-17(23-16)11-3-4-12(19)13(7-11)20-15(22)8-18/h3-7H,8H2,1-2H3,(H,20,22). The number of aromatic nitrogens is 1. The number of aryl methyl sites for hydroxylation is 2. The zero-order valence-electron chi connectivity index (χ0n) is 12.6. The molecule has 3 rings (SSSR count). The molecule has 2 aromatic carbocycles. The second kappa shape index (κ2) is 6.22. The number of hydrogen-bond donors (Lipinski definition) is 1. The SMILES string of the molecule is Cc1cc(C)c2oc(-c3ccc(Cl)c(NC(=O)CCl)c3)nc2c1. The van der Waals surface area contributed by atoms with Crippen LogP contribution < -0.4 is 5.32 Å². The van der Waals surface area contributed by atoms with Crippen molar-refractivity contribution in [2.45, 2.75) is 13.8 Å². The Kier molecular flexibility index (Phi) is 4.28. The van der Waals surface area contributed by atoms with E-state index in [9.17, 15) is 4.79 Å². The van der Waals surface area contributed by atoms with E-state index in [0.717, 1.165) is 27.8 Å². The van der Waals surface area contributed by atoms with Crippen molar-refractivity contribution in [3.05, 3.63) is 46.5 Å². The maximum absolute atomic E-state index is 11.5. The van der Waals surface area contributed by atoms with Gasteiger partial charge in [-0.15, -0.1) is 11.6 Å². The van der Waals surface area contributed by atoms with Crippen molar-refractivity contribution in [3.63, 3.8) is 0 Å². The fraction of sp³-hybridized carbons (Fsp3) is 0.176. The number of amides is 1. The number of hydrogen-bond acceptors (Lipinski definition) is 3. The molecule has 0 radical (unpaired) electrons. The smallest absolute Gasteiger partial charge is 0.239 e. The van der Waals surface area contributed by atoms with Gasteiger partial charge in [-0.2, -0.15) is 0 Å². The first-order valence-electron chi connectivity index (χ1n) is 7.01. The van der Waals surface area contributed by atoms with E-state index in [4.69, 9.17) is 27.6 Å². The summed E-state index contributed by atoms with van der Waals surface area (Å²) in [5.41, 5.74) is 4.92. The van der Waals surface area contributed by atoms with Crippen LogP contribution in [0.25, 0.3) is 22.6 Å². The van der Waals surface area contributed by atoms with Crippen molar-refractivity contribution in [2.75, 3.05) is 11.2 Å². The highest BCUT2D eigenvalue weighted by atomic mass is 35.5. The zero-order valence-corrected chi connectivity index (χ0v) is 14.1. The molecule has 1 amide bonds. The molecular formula is C17H14Cl2N2O2. The number of nitrogens with zero attached hydrogens (tertiary/aromatic N) is 1. The maximum atomic E-state index is 11.5. The van der Waals surface area contributed by atoms with Crippen LogP contribution in [0, 0.1) is 13.8 Å². The van der Waals surface area contributed by atoms with Crippen molar-refractivity contribution in [3.8, 4) is 11.5 Å². The minimum Gasteiger partial charge on any atom is -0.436 e. The normalized spacial score (nSPS) is 11.0. The zero-order chi connectivity index (χ0) is 16.6. The van der Waals surface area contributed by atoms with Gasteiger partial charge in [0.1, 0.15) is 11.4 Å². The topological polar surface area (TPSA) is 55.1 Å². The van der Waals surface area contributed by atoms with Gasteiger partial charge in [-0.05, 0) is 49.2 Å². The summed E-state index contributed by atoms with van der Waals surface area (Å²) in [7, 11) is 0. The van der Waals surface area contributed by atoms with Crippen LogP contribution in [0.5, 0.6) is 0 Å². The van der Waals surface area contributed by atoms with Crippen molar-refractivity contribution >= 4 is 45.9 Å². The third kappa shape index (κ3) is 3.19. The molecule has 0 spiro atoms. The second-order valence-corrected chi connectivity index (χ2v) is 6.00. The summed E-state index contributed by atoms with van der Waals surface area (Å²) < 4.78 is 5.87. The molecule has 4 nitrogen and oxygen atoms in total. The molecule has 0 bridgehead atoms. The van der Waals surface area contributed by atoms with Crippen LogP contribution in [0.1, 0.15) is 11.1 Å². The maximum Gasteiger partial charge on any atom is 0.239 e. The number of rotatable bonds is 3. The predicted molar refractivity (Wildman–Crippen MR) is 93.3 cm³/mol. The molecule has 6 heteroatoms. The van der Waals surface area contributed by atoms with E-state index in [1.165, 1.54) is 0 Å². The van der Waals surface area contributed by atoms with E-state index >= 15 is 0 Å². The lowest BCUT2D eigenvalue weighted by Gasteiger charge is -2.06. The van der Waals surface area contributed by atoms with Gasteiger partial charge >= 0.3 is 0 Å². The van der Waals surface area contributed by atoms with Gasteiger partial charge in [0.05, 0.1) is 10.7 Å². The number of carbonyl (C=O) groups excluding carboxylic acids is 1. The summed E-state index contributed by atoms with van der Waals surface area (Å²) in [5.74, 6) is 0.0172. The Balaban J connectivity index is 2.06. The Bertz CT molecular complexity index is 903. The molecule has 0 aliphatic rings. The number of fused-ring (bicyclic) bond motifs is 1. The lowest BCUT2D eigenvalue weighted by Crippen LogP contribution is -2.12. The summed E-state index contributed by atoms with van der Waals surface area (Å²) >= 11 is 11.6. The second-order valence-electron chi connectivity index (χ2n) is 5.33. The van der Waals surface area contributed by atoms with E-state index in [2.05, 4.69) is 10.3 Å². The Hall–Kier alpha value is -2.04. The fourth-order valence-electron chi connectivity index (χ4n) is 2.44. The van der Waals surface area contributed by atoms with E-state index in [-0.39, 0.29) is 11.8 Å². The molecule has 0 aliphatic carbocycles. The lowest BCUT2D eigenvalue weighted by molar-refractivity contribution is -0.113. The monoisotopic (exact) mass is 348 g/mol. The van der Waals surface area contributed by atoms with Crippen molar-refractivity contribution < 1.29 is 9.21 Å². The predicted octanol–water partition coefficient (Wildman–Crippen LogP) is 4.94. The molecule has 0 aliphatic heterocycles. The first-order valence-corrected chi connectivity index (χ1v) is 7.92. The quantitative estimate of drug-likeness (QED) is 0.681. The Labute approximate surface area is 143 Å². The van der Waals surface area contributed by atoms with Gasteiger partial charge in [-0.25, -0.2) is 4.98 Å². The molecule has 0 saturated carbocycles.